The minimum absolute atomic E-state index is 0.146. The monoisotopic (exact) mass is 227 g/mol. The highest BCUT2D eigenvalue weighted by molar-refractivity contribution is 5.40. The second kappa shape index (κ2) is 5.62. The molecule has 1 fully saturated rings. The minimum atomic E-state index is 0.146. The molecule has 1 saturated heterocycles. The molecule has 0 amide bonds. The molecule has 3 heteroatoms. The lowest BCUT2D eigenvalue weighted by Gasteiger charge is -2.33. The van der Waals surface area contributed by atoms with E-state index in [0.717, 1.165) is 37.3 Å². The number of nitriles is 1. The molecular formula is C14H17N3. The Morgan fingerprint density at radius 2 is 2.06 bits per heavy atom. The number of hydrogen-bond acceptors (Lipinski definition) is 3. The quantitative estimate of drug-likeness (QED) is 0.799. The van der Waals surface area contributed by atoms with Gasteiger partial charge in [0.2, 0.25) is 0 Å². The van der Waals surface area contributed by atoms with Gasteiger partial charge in [-0.25, -0.2) is 0 Å². The van der Waals surface area contributed by atoms with Crippen molar-refractivity contribution in [1.82, 2.24) is 10.2 Å². The molecule has 88 valence electrons. The molecule has 1 atom stereocenters. The third-order valence-electron chi connectivity index (χ3n) is 3.17. The molecule has 0 spiro atoms. The van der Waals surface area contributed by atoms with E-state index in [4.69, 9.17) is 5.26 Å². The van der Waals surface area contributed by atoms with Crippen molar-refractivity contribution in [3.63, 3.8) is 0 Å². The van der Waals surface area contributed by atoms with E-state index in [1.54, 1.807) is 0 Å². The van der Waals surface area contributed by atoms with Crippen LogP contribution in [0.4, 0.5) is 0 Å². The maximum atomic E-state index is 9.15. The van der Waals surface area contributed by atoms with Crippen LogP contribution in [-0.4, -0.2) is 31.1 Å². The van der Waals surface area contributed by atoms with Gasteiger partial charge in [0.25, 0.3) is 0 Å². The summed E-state index contributed by atoms with van der Waals surface area (Å²) in [6, 6.07) is 10.2. The zero-order valence-electron chi connectivity index (χ0n) is 9.89. The molecule has 3 nitrogen and oxygen atoms in total. The lowest BCUT2D eigenvalue weighted by Crippen LogP contribution is -2.44. The predicted molar refractivity (Wildman–Crippen MR) is 68.5 cm³/mol. The van der Waals surface area contributed by atoms with Gasteiger partial charge in [-0.15, -0.1) is 6.58 Å². The van der Waals surface area contributed by atoms with Crippen LogP contribution in [0.1, 0.15) is 17.2 Å². The smallest absolute Gasteiger partial charge is 0.0995 e. The van der Waals surface area contributed by atoms with E-state index in [2.05, 4.69) is 22.9 Å². The van der Waals surface area contributed by atoms with Crippen LogP contribution in [0.3, 0.4) is 0 Å². The predicted octanol–water partition coefficient (Wildman–Crippen LogP) is 1.69. The Morgan fingerprint density at radius 3 is 2.71 bits per heavy atom. The lowest BCUT2D eigenvalue weighted by molar-refractivity contribution is 0.203. The summed E-state index contributed by atoms with van der Waals surface area (Å²) in [5, 5.41) is 12.5. The molecule has 0 bridgehead atoms. The number of hydrogen-bond donors (Lipinski definition) is 1. The van der Waals surface area contributed by atoms with Gasteiger partial charge < -0.3 is 5.32 Å². The highest BCUT2D eigenvalue weighted by Gasteiger charge is 2.21. The summed E-state index contributed by atoms with van der Waals surface area (Å²) in [7, 11) is 0. The number of nitrogens with one attached hydrogen (secondary N) is 1. The Kier molecular flexibility index (Phi) is 3.92. The van der Waals surface area contributed by atoms with Gasteiger partial charge in [-0.1, -0.05) is 24.3 Å². The Bertz CT molecular complexity index is 427. The third-order valence-corrected chi connectivity index (χ3v) is 3.17. The van der Waals surface area contributed by atoms with Crippen molar-refractivity contribution < 1.29 is 0 Å². The highest BCUT2D eigenvalue weighted by Crippen LogP contribution is 2.24. The van der Waals surface area contributed by atoms with Gasteiger partial charge in [-0.05, 0) is 11.6 Å². The van der Waals surface area contributed by atoms with Crippen LogP contribution in [0, 0.1) is 11.3 Å². The van der Waals surface area contributed by atoms with Crippen LogP contribution in [0.25, 0.3) is 0 Å². The molecule has 0 radical (unpaired) electrons. The van der Waals surface area contributed by atoms with E-state index in [9.17, 15) is 0 Å². The van der Waals surface area contributed by atoms with Gasteiger partial charge in [0.05, 0.1) is 17.7 Å². The van der Waals surface area contributed by atoms with E-state index in [0.29, 0.717) is 0 Å². The van der Waals surface area contributed by atoms with Crippen LogP contribution in [0.15, 0.2) is 36.9 Å². The Morgan fingerprint density at radius 1 is 1.35 bits per heavy atom. The van der Waals surface area contributed by atoms with E-state index in [1.165, 1.54) is 0 Å². The Hall–Kier alpha value is -1.63. The molecule has 1 aromatic rings. The second-order valence-electron chi connectivity index (χ2n) is 4.17. The molecule has 1 aromatic carbocycles. The van der Waals surface area contributed by atoms with Crippen LogP contribution in [-0.2, 0) is 0 Å². The summed E-state index contributed by atoms with van der Waals surface area (Å²) in [5.74, 6) is 0. The largest absolute Gasteiger partial charge is 0.314 e. The zero-order chi connectivity index (χ0) is 12.1. The van der Waals surface area contributed by atoms with Crippen molar-refractivity contribution in [3.05, 3.63) is 48.0 Å². The molecule has 17 heavy (non-hydrogen) atoms. The fourth-order valence-corrected chi connectivity index (χ4v) is 2.29. The first-order valence-electron chi connectivity index (χ1n) is 5.93. The summed E-state index contributed by atoms with van der Waals surface area (Å²) in [6.07, 6.45) is 1.93. The molecule has 0 saturated carbocycles. The average Bonchev–Trinajstić information content (AvgIpc) is 2.41. The SMILES string of the molecule is C=C[C@H](c1ccccc1C#N)N1CCNCC1. The van der Waals surface area contributed by atoms with Gasteiger partial charge in [-0.3, -0.25) is 4.90 Å². The fourth-order valence-electron chi connectivity index (χ4n) is 2.29. The Labute approximate surface area is 102 Å². The van der Waals surface area contributed by atoms with Crippen molar-refractivity contribution in [2.24, 2.45) is 0 Å². The first-order chi connectivity index (χ1) is 8.36. The maximum Gasteiger partial charge on any atom is 0.0995 e. The highest BCUT2D eigenvalue weighted by atomic mass is 15.2. The zero-order valence-corrected chi connectivity index (χ0v) is 9.89. The van der Waals surface area contributed by atoms with Gasteiger partial charge in [0.15, 0.2) is 0 Å². The van der Waals surface area contributed by atoms with E-state index >= 15 is 0 Å². The number of piperazine rings is 1. The lowest BCUT2D eigenvalue weighted by atomic mass is 9.99. The molecule has 2 rings (SSSR count). The van der Waals surface area contributed by atoms with Crippen molar-refractivity contribution in [2.75, 3.05) is 26.2 Å². The van der Waals surface area contributed by atoms with Gasteiger partial charge >= 0.3 is 0 Å². The van der Waals surface area contributed by atoms with Crippen LogP contribution in [0.5, 0.6) is 0 Å². The molecular weight excluding hydrogens is 210 g/mol. The normalized spacial score (nSPS) is 18.3. The summed E-state index contributed by atoms with van der Waals surface area (Å²) in [5.41, 5.74) is 1.81. The van der Waals surface area contributed by atoms with Crippen molar-refractivity contribution in [3.8, 4) is 6.07 Å². The molecule has 1 aliphatic heterocycles. The summed E-state index contributed by atoms with van der Waals surface area (Å²) in [6.45, 7) is 7.91. The number of rotatable bonds is 3. The van der Waals surface area contributed by atoms with Crippen molar-refractivity contribution in [2.45, 2.75) is 6.04 Å². The topological polar surface area (TPSA) is 39.1 Å². The summed E-state index contributed by atoms with van der Waals surface area (Å²) < 4.78 is 0. The first kappa shape index (κ1) is 11.8. The number of nitrogens with zero attached hydrogens (tertiary/aromatic N) is 2. The Balaban J connectivity index is 2.28. The van der Waals surface area contributed by atoms with Gasteiger partial charge in [0, 0.05) is 26.2 Å². The van der Waals surface area contributed by atoms with Crippen molar-refractivity contribution in [1.29, 1.82) is 5.26 Å². The fraction of sp³-hybridized carbons (Fsp3) is 0.357. The van der Waals surface area contributed by atoms with Crippen LogP contribution in [0.2, 0.25) is 0 Å². The molecule has 0 aliphatic carbocycles. The summed E-state index contributed by atoms with van der Waals surface area (Å²) >= 11 is 0. The third kappa shape index (κ3) is 2.55. The molecule has 1 aliphatic rings. The van der Waals surface area contributed by atoms with E-state index in [-0.39, 0.29) is 6.04 Å². The average molecular weight is 227 g/mol. The minimum Gasteiger partial charge on any atom is -0.314 e. The second-order valence-corrected chi connectivity index (χ2v) is 4.17. The summed E-state index contributed by atoms with van der Waals surface area (Å²) in [4.78, 5) is 2.36. The molecule has 0 unspecified atom stereocenters. The van der Waals surface area contributed by atoms with Crippen LogP contribution >= 0.6 is 0 Å². The standard InChI is InChI=1S/C14H17N3/c1-2-14(17-9-7-16-8-10-17)13-6-4-3-5-12(13)11-15/h2-6,14,16H,1,7-10H2/t14-/m1/s1. The maximum absolute atomic E-state index is 9.15. The van der Waals surface area contributed by atoms with Crippen molar-refractivity contribution >= 4 is 0 Å². The first-order valence-corrected chi connectivity index (χ1v) is 5.93. The molecule has 1 N–H and O–H groups in total. The molecule has 0 aromatic heterocycles. The number of benzene rings is 1. The van der Waals surface area contributed by atoms with Crippen LogP contribution < -0.4 is 5.32 Å². The van der Waals surface area contributed by atoms with E-state index in [1.807, 2.05) is 30.3 Å². The van der Waals surface area contributed by atoms with Gasteiger partial charge in [0.1, 0.15) is 0 Å². The molecule has 1 heterocycles. The van der Waals surface area contributed by atoms with E-state index < -0.39 is 0 Å². The van der Waals surface area contributed by atoms with Gasteiger partial charge in [-0.2, -0.15) is 5.26 Å².